The van der Waals surface area contributed by atoms with Gasteiger partial charge >= 0.3 is 0 Å². The summed E-state index contributed by atoms with van der Waals surface area (Å²) in [7, 11) is 1.67. The van der Waals surface area contributed by atoms with Crippen LogP contribution in [0.25, 0.3) is 0 Å². The second-order valence-corrected chi connectivity index (χ2v) is 4.90. The molecule has 106 valence electrons. The number of anilines is 1. The minimum Gasteiger partial charge on any atom is -0.497 e. The Bertz CT molecular complexity index is 540. The largest absolute Gasteiger partial charge is 0.497 e. The number of methoxy groups -OCH3 is 1. The summed E-state index contributed by atoms with van der Waals surface area (Å²) in [6, 6.07) is 16.4. The van der Waals surface area contributed by atoms with Crippen LogP contribution in [0.15, 0.2) is 48.5 Å². The van der Waals surface area contributed by atoms with Crippen molar-refractivity contribution in [2.45, 2.75) is 20.0 Å². The van der Waals surface area contributed by atoms with E-state index in [4.69, 9.17) is 10.5 Å². The van der Waals surface area contributed by atoms with E-state index in [0.717, 1.165) is 31.1 Å². The van der Waals surface area contributed by atoms with Gasteiger partial charge in [0.1, 0.15) is 5.75 Å². The van der Waals surface area contributed by atoms with Crippen molar-refractivity contribution in [3.05, 3.63) is 59.7 Å². The van der Waals surface area contributed by atoms with E-state index in [1.807, 2.05) is 24.3 Å². The number of ether oxygens (including phenoxy) is 1. The van der Waals surface area contributed by atoms with Crippen LogP contribution in [0.5, 0.6) is 5.75 Å². The van der Waals surface area contributed by atoms with E-state index in [-0.39, 0.29) is 0 Å². The van der Waals surface area contributed by atoms with Crippen LogP contribution < -0.4 is 10.5 Å². The number of nitrogens with two attached hydrogens (primary N) is 1. The van der Waals surface area contributed by atoms with Crippen LogP contribution in [-0.2, 0) is 13.1 Å². The summed E-state index contributed by atoms with van der Waals surface area (Å²) in [6.45, 7) is 4.97. The van der Waals surface area contributed by atoms with Gasteiger partial charge in [0.05, 0.1) is 7.11 Å². The second kappa shape index (κ2) is 6.96. The lowest BCUT2D eigenvalue weighted by Gasteiger charge is -2.21. The van der Waals surface area contributed by atoms with Gasteiger partial charge in [-0.2, -0.15) is 0 Å². The first-order valence-electron chi connectivity index (χ1n) is 6.91. The summed E-state index contributed by atoms with van der Waals surface area (Å²) in [5.41, 5.74) is 9.16. The molecule has 0 atom stereocenters. The Balaban J connectivity index is 2.08. The van der Waals surface area contributed by atoms with Crippen LogP contribution in [-0.4, -0.2) is 18.6 Å². The summed E-state index contributed by atoms with van der Waals surface area (Å²) in [5, 5.41) is 0. The predicted octanol–water partition coefficient (Wildman–Crippen LogP) is 3.30. The lowest BCUT2D eigenvalue weighted by molar-refractivity contribution is 0.271. The molecule has 0 aliphatic heterocycles. The molecule has 3 nitrogen and oxygen atoms in total. The predicted molar refractivity (Wildman–Crippen MR) is 83.6 cm³/mol. The van der Waals surface area contributed by atoms with E-state index in [1.165, 1.54) is 11.1 Å². The number of benzene rings is 2. The highest BCUT2D eigenvalue weighted by Crippen LogP contribution is 2.20. The highest BCUT2D eigenvalue weighted by atomic mass is 16.5. The van der Waals surface area contributed by atoms with Gasteiger partial charge in [-0.05, 0) is 29.8 Å². The molecule has 0 saturated carbocycles. The van der Waals surface area contributed by atoms with E-state index < -0.39 is 0 Å². The molecule has 20 heavy (non-hydrogen) atoms. The fourth-order valence-corrected chi connectivity index (χ4v) is 2.27. The fraction of sp³-hybridized carbons (Fsp3) is 0.294. The van der Waals surface area contributed by atoms with E-state index in [2.05, 4.69) is 36.1 Å². The van der Waals surface area contributed by atoms with Crippen LogP contribution >= 0.6 is 0 Å². The van der Waals surface area contributed by atoms with E-state index in [9.17, 15) is 0 Å². The Morgan fingerprint density at radius 1 is 1.00 bits per heavy atom. The molecule has 2 N–H and O–H groups in total. The lowest BCUT2D eigenvalue weighted by atomic mass is 10.1. The molecule has 0 amide bonds. The van der Waals surface area contributed by atoms with Crippen LogP contribution in [0.3, 0.4) is 0 Å². The minimum absolute atomic E-state index is 0.745. The zero-order valence-corrected chi connectivity index (χ0v) is 12.2. The topological polar surface area (TPSA) is 38.5 Å². The van der Waals surface area contributed by atoms with Crippen molar-refractivity contribution in [2.24, 2.45) is 0 Å². The molecule has 0 radical (unpaired) electrons. The van der Waals surface area contributed by atoms with Gasteiger partial charge in [-0.1, -0.05) is 37.3 Å². The molecule has 0 unspecified atom stereocenters. The summed E-state index contributed by atoms with van der Waals surface area (Å²) in [5.74, 6) is 0.816. The number of hydrogen-bond donors (Lipinski definition) is 1. The third-order valence-electron chi connectivity index (χ3n) is 3.33. The summed E-state index contributed by atoms with van der Waals surface area (Å²) in [6.07, 6.45) is 0. The van der Waals surface area contributed by atoms with Gasteiger partial charge < -0.3 is 10.5 Å². The quantitative estimate of drug-likeness (QED) is 0.819. The van der Waals surface area contributed by atoms with Crippen molar-refractivity contribution < 1.29 is 4.74 Å². The second-order valence-electron chi connectivity index (χ2n) is 4.90. The molecule has 2 aromatic rings. The first-order chi connectivity index (χ1) is 9.71. The van der Waals surface area contributed by atoms with Crippen molar-refractivity contribution in [3.8, 4) is 5.75 Å². The molecule has 0 aliphatic carbocycles. The van der Waals surface area contributed by atoms with Crippen molar-refractivity contribution in [2.75, 3.05) is 19.4 Å². The average molecular weight is 270 g/mol. The standard InChI is InChI=1S/C17H22N2O/c1-3-19(12-14-7-5-4-6-8-14)13-15-9-16(18)11-17(10-15)20-2/h4-11H,3,12-13,18H2,1-2H3. The summed E-state index contributed by atoms with van der Waals surface area (Å²) >= 11 is 0. The molecule has 0 spiro atoms. The number of hydrogen-bond acceptors (Lipinski definition) is 3. The molecule has 0 aromatic heterocycles. The first-order valence-corrected chi connectivity index (χ1v) is 6.91. The van der Waals surface area contributed by atoms with Crippen molar-refractivity contribution in [3.63, 3.8) is 0 Å². The van der Waals surface area contributed by atoms with Crippen LogP contribution in [0.1, 0.15) is 18.1 Å². The molecule has 0 aliphatic rings. The number of nitrogen functional groups attached to an aromatic ring is 1. The first kappa shape index (κ1) is 14.4. The van der Waals surface area contributed by atoms with Gasteiger partial charge in [0.25, 0.3) is 0 Å². The molecule has 0 fully saturated rings. The Labute approximate surface area is 121 Å². The fourth-order valence-electron chi connectivity index (χ4n) is 2.27. The van der Waals surface area contributed by atoms with Crippen LogP contribution in [0.4, 0.5) is 5.69 Å². The number of rotatable bonds is 6. The van der Waals surface area contributed by atoms with Crippen molar-refractivity contribution in [1.82, 2.24) is 4.90 Å². The summed E-state index contributed by atoms with van der Waals surface area (Å²) in [4.78, 5) is 2.38. The van der Waals surface area contributed by atoms with Gasteiger partial charge in [-0.25, -0.2) is 0 Å². The Hall–Kier alpha value is -2.00. The maximum absolute atomic E-state index is 5.91. The van der Waals surface area contributed by atoms with Gasteiger partial charge in [-0.3, -0.25) is 4.90 Å². The molecule has 0 saturated heterocycles. The monoisotopic (exact) mass is 270 g/mol. The molecule has 0 heterocycles. The number of nitrogens with zero attached hydrogens (tertiary/aromatic N) is 1. The molecule has 0 bridgehead atoms. The van der Waals surface area contributed by atoms with Crippen LogP contribution in [0, 0.1) is 0 Å². The van der Waals surface area contributed by atoms with Crippen LogP contribution in [0.2, 0.25) is 0 Å². The highest BCUT2D eigenvalue weighted by molar-refractivity contribution is 5.47. The average Bonchev–Trinajstić information content (AvgIpc) is 2.47. The Morgan fingerprint density at radius 3 is 2.35 bits per heavy atom. The van der Waals surface area contributed by atoms with Gasteiger partial charge in [0, 0.05) is 24.8 Å². The van der Waals surface area contributed by atoms with Gasteiger partial charge in [-0.15, -0.1) is 0 Å². The maximum Gasteiger partial charge on any atom is 0.121 e. The molecule has 2 rings (SSSR count). The smallest absolute Gasteiger partial charge is 0.121 e. The Morgan fingerprint density at radius 2 is 1.70 bits per heavy atom. The molecular formula is C17H22N2O. The van der Waals surface area contributed by atoms with Crippen molar-refractivity contribution in [1.29, 1.82) is 0 Å². The molecule has 3 heteroatoms. The third-order valence-corrected chi connectivity index (χ3v) is 3.33. The van der Waals surface area contributed by atoms with Gasteiger partial charge in [0.15, 0.2) is 0 Å². The zero-order chi connectivity index (χ0) is 14.4. The van der Waals surface area contributed by atoms with Crippen molar-refractivity contribution >= 4 is 5.69 Å². The third kappa shape index (κ3) is 4.00. The minimum atomic E-state index is 0.745. The lowest BCUT2D eigenvalue weighted by Crippen LogP contribution is -2.22. The zero-order valence-electron chi connectivity index (χ0n) is 12.2. The highest BCUT2D eigenvalue weighted by Gasteiger charge is 2.07. The molecular weight excluding hydrogens is 248 g/mol. The molecule has 2 aromatic carbocycles. The van der Waals surface area contributed by atoms with Gasteiger partial charge in [0.2, 0.25) is 0 Å². The maximum atomic E-state index is 5.91. The van der Waals surface area contributed by atoms with E-state index in [0.29, 0.717) is 0 Å². The summed E-state index contributed by atoms with van der Waals surface area (Å²) < 4.78 is 5.27. The SMILES string of the molecule is CCN(Cc1ccccc1)Cc1cc(N)cc(OC)c1. The Kier molecular flexibility index (Phi) is 5.02. The van der Waals surface area contributed by atoms with E-state index >= 15 is 0 Å². The normalized spacial score (nSPS) is 10.8. The van der Waals surface area contributed by atoms with E-state index in [1.54, 1.807) is 7.11 Å².